The molecule has 0 spiro atoms. The van der Waals surface area contributed by atoms with E-state index < -0.39 is 0 Å². The van der Waals surface area contributed by atoms with Crippen LogP contribution in [0, 0.1) is 11.3 Å². The molecule has 0 saturated carbocycles. The van der Waals surface area contributed by atoms with Crippen LogP contribution in [-0.2, 0) is 11.3 Å². The van der Waals surface area contributed by atoms with Crippen molar-refractivity contribution in [3.8, 4) is 6.07 Å². The van der Waals surface area contributed by atoms with Crippen LogP contribution in [0.25, 0.3) is 0 Å². The number of rotatable bonds is 3. The van der Waals surface area contributed by atoms with Gasteiger partial charge in [0, 0.05) is 0 Å². The van der Waals surface area contributed by atoms with E-state index in [4.69, 9.17) is 11.0 Å². The van der Waals surface area contributed by atoms with E-state index in [1.165, 1.54) is 11.0 Å². The molecule has 2 aromatic rings. The second-order valence-electron chi connectivity index (χ2n) is 3.51. The molecule has 7 heteroatoms. The number of amides is 1. The van der Waals surface area contributed by atoms with E-state index in [1.807, 2.05) is 0 Å². The van der Waals surface area contributed by atoms with E-state index in [2.05, 4.69) is 15.4 Å². The summed E-state index contributed by atoms with van der Waals surface area (Å²) in [5, 5.41) is 15.0. The molecular weight excluding hydrogens is 232 g/mol. The van der Waals surface area contributed by atoms with Gasteiger partial charge in [0.25, 0.3) is 5.82 Å². The standard InChI is InChI=1S/C11H10N6O/c12-5-10-14-7-17(16-10)6-11(18)15-9-4-2-1-3-8(9)13/h1-4,7H,6,13H2,(H,15,18). The Morgan fingerprint density at radius 3 is 2.94 bits per heavy atom. The van der Waals surface area contributed by atoms with Crippen LogP contribution < -0.4 is 11.1 Å². The van der Waals surface area contributed by atoms with Crippen molar-refractivity contribution in [2.45, 2.75) is 6.54 Å². The van der Waals surface area contributed by atoms with E-state index in [1.54, 1.807) is 30.3 Å². The first kappa shape index (κ1) is 11.6. The molecule has 1 amide bonds. The van der Waals surface area contributed by atoms with Gasteiger partial charge in [0.15, 0.2) is 0 Å². The predicted octanol–water partition coefficient (Wildman–Crippen LogP) is 0.371. The second-order valence-corrected chi connectivity index (χ2v) is 3.51. The SMILES string of the molecule is N#Cc1ncn(CC(=O)Nc2ccccc2N)n1. The summed E-state index contributed by atoms with van der Waals surface area (Å²) in [4.78, 5) is 15.4. The van der Waals surface area contributed by atoms with Crippen molar-refractivity contribution in [3.05, 3.63) is 36.4 Å². The van der Waals surface area contributed by atoms with Crippen molar-refractivity contribution >= 4 is 17.3 Å². The van der Waals surface area contributed by atoms with Crippen molar-refractivity contribution in [1.82, 2.24) is 14.8 Å². The number of aromatic nitrogens is 3. The Morgan fingerprint density at radius 1 is 1.50 bits per heavy atom. The molecule has 1 heterocycles. The molecule has 0 unspecified atom stereocenters. The Balaban J connectivity index is 2.01. The lowest BCUT2D eigenvalue weighted by Crippen LogP contribution is -2.19. The Labute approximate surface area is 103 Å². The molecule has 0 aliphatic rings. The highest BCUT2D eigenvalue weighted by Crippen LogP contribution is 2.16. The number of hydrogen-bond donors (Lipinski definition) is 2. The number of nitrogens with zero attached hydrogens (tertiary/aromatic N) is 4. The molecule has 0 atom stereocenters. The molecule has 0 aliphatic carbocycles. The van der Waals surface area contributed by atoms with Crippen molar-refractivity contribution < 1.29 is 4.79 Å². The summed E-state index contributed by atoms with van der Waals surface area (Å²) in [6.07, 6.45) is 1.33. The molecule has 0 fully saturated rings. The van der Waals surface area contributed by atoms with Crippen LogP contribution in [0.2, 0.25) is 0 Å². The topological polar surface area (TPSA) is 110 Å². The Bertz CT molecular complexity index is 612. The van der Waals surface area contributed by atoms with Gasteiger partial charge in [-0.15, -0.1) is 5.10 Å². The molecule has 18 heavy (non-hydrogen) atoms. The summed E-state index contributed by atoms with van der Waals surface area (Å²) in [6.45, 7) is -0.0248. The molecule has 0 radical (unpaired) electrons. The number of anilines is 2. The van der Waals surface area contributed by atoms with Crippen LogP contribution in [0.15, 0.2) is 30.6 Å². The Kier molecular flexibility index (Phi) is 3.20. The van der Waals surface area contributed by atoms with Crippen LogP contribution in [0.3, 0.4) is 0 Å². The van der Waals surface area contributed by atoms with Gasteiger partial charge in [-0.05, 0) is 12.1 Å². The molecular formula is C11H10N6O. The summed E-state index contributed by atoms with van der Waals surface area (Å²) in [5.41, 5.74) is 6.73. The minimum absolute atomic E-state index is 0.0248. The largest absolute Gasteiger partial charge is 0.397 e. The van der Waals surface area contributed by atoms with Gasteiger partial charge in [-0.2, -0.15) is 5.26 Å². The molecule has 1 aromatic heterocycles. The first-order valence-electron chi connectivity index (χ1n) is 5.13. The number of nitrogens with one attached hydrogen (secondary N) is 1. The highest BCUT2D eigenvalue weighted by atomic mass is 16.2. The lowest BCUT2D eigenvalue weighted by atomic mass is 10.2. The van der Waals surface area contributed by atoms with Crippen molar-refractivity contribution in [3.63, 3.8) is 0 Å². The monoisotopic (exact) mass is 242 g/mol. The zero-order valence-electron chi connectivity index (χ0n) is 9.37. The molecule has 7 nitrogen and oxygen atoms in total. The van der Waals surface area contributed by atoms with Gasteiger partial charge < -0.3 is 11.1 Å². The van der Waals surface area contributed by atoms with Gasteiger partial charge in [-0.1, -0.05) is 12.1 Å². The summed E-state index contributed by atoms with van der Waals surface area (Å²) in [5.74, 6) is -0.260. The van der Waals surface area contributed by atoms with Crippen molar-refractivity contribution in [1.29, 1.82) is 5.26 Å². The molecule has 3 N–H and O–H groups in total. The molecule has 2 rings (SSSR count). The summed E-state index contributed by atoms with van der Waals surface area (Å²) in [7, 11) is 0. The van der Waals surface area contributed by atoms with Gasteiger partial charge in [0.2, 0.25) is 5.91 Å². The quantitative estimate of drug-likeness (QED) is 0.755. The first-order chi connectivity index (χ1) is 8.69. The number of hydrogen-bond acceptors (Lipinski definition) is 5. The maximum atomic E-state index is 11.7. The van der Waals surface area contributed by atoms with Crippen LogP contribution in [-0.4, -0.2) is 20.7 Å². The van der Waals surface area contributed by atoms with Gasteiger partial charge in [0.1, 0.15) is 18.9 Å². The van der Waals surface area contributed by atoms with Crippen LogP contribution in [0.4, 0.5) is 11.4 Å². The number of carbonyl (C=O) groups is 1. The van der Waals surface area contributed by atoms with Gasteiger partial charge in [0.05, 0.1) is 11.4 Å². The highest BCUT2D eigenvalue weighted by Gasteiger charge is 2.07. The number of para-hydroxylation sites is 2. The van der Waals surface area contributed by atoms with E-state index in [-0.39, 0.29) is 18.3 Å². The number of nitriles is 1. The third-order valence-electron chi connectivity index (χ3n) is 2.18. The van der Waals surface area contributed by atoms with Gasteiger partial charge in [-0.25, -0.2) is 9.67 Å². The highest BCUT2D eigenvalue weighted by molar-refractivity contribution is 5.93. The zero-order chi connectivity index (χ0) is 13.0. The van der Waals surface area contributed by atoms with Gasteiger partial charge >= 0.3 is 0 Å². The normalized spacial score (nSPS) is 9.72. The lowest BCUT2D eigenvalue weighted by Gasteiger charge is -2.07. The zero-order valence-corrected chi connectivity index (χ0v) is 9.37. The third-order valence-corrected chi connectivity index (χ3v) is 2.18. The summed E-state index contributed by atoms with van der Waals surface area (Å²) >= 11 is 0. The fourth-order valence-electron chi connectivity index (χ4n) is 1.37. The summed E-state index contributed by atoms with van der Waals surface area (Å²) < 4.78 is 1.28. The second kappa shape index (κ2) is 4.97. The number of nitrogen functional groups attached to an aromatic ring is 1. The van der Waals surface area contributed by atoms with Gasteiger partial charge in [-0.3, -0.25) is 4.79 Å². The molecule has 0 saturated heterocycles. The summed E-state index contributed by atoms with van der Waals surface area (Å²) in [6, 6.07) is 8.73. The van der Waals surface area contributed by atoms with Crippen molar-refractivity contribution in [2.75, 3.05) is 11.1 Å². The number of nitrogens with two attached hydrogens (primary N) is 1. The fourth-order valence-corrected chi connectivity index (χ4v) is 1.37. The van der Waals surface area contributed by atoms with E-state index in [0.717, 1.165) is 0 Å². The van der Waals surface area contributed by atoms with Crippen LogP contribution in [0.5, 0.6) is 0 Å². The van der Waals surface area contributed by atoms with Crippen LogP contribution in [0.1, 0.15) is 5.82 Å². The smallest absolute Gasteiger partial charge is 0.252 e. The Hall–Kier alpha value is -2.88. The third kappa shape index (κ3) is 2.62. The van der Waals surface area contributed by atoms with E-state index in [9.17, 15) is 4.79 Å². The van der Waals surface area contributed by atoms with Crippen LogP contribution >= 0.6 is 0 Å². The molecule has 0 aliphatic heterocycles. The predicted molar refractivity (Wildman–Crippen MR) is 64.2 cm³/mol. The average molecular weight is 242 g/mol. The maximum absolute atomic E-state index is 11.7. The lowest BCUT2D eigenvalue weighted by molar-refractivity contribution is -0.116. The molecule has 0 bridgehead atoms. The van der Waals surface area contributed by atoms with E-state index >= 15 is 0 Å². The minimum Gasteiger partial charge on any atom is -0.397 e. The minimum atomic E-state index is -0.290. The number of carbonyl (C=O) groups excluding carboxylic acids is 1. The maximum Gasteiger partial charge on any atom is 0.252 e. The first-order valence-corrected chi connectivity index (χ1v) is 5.13. The molecule has 90 valence electrons. The van der Waals surface area contributed by atoms with E-state index in [0.29, 0.717) is 11.4 Å². The fraction of sp³-hybridized carbons (Fsp3) is 0.0909. The number of benzene rings is 1. The molecule has 1 aromatic carbocycles. The Morgan fingerprint density at radius 2 is 2.28 bits per heavy atom. The van der Waals surface area contributed by atoms with Crippen molar-refractivity contribution in [2.24, 2.45) is 0 Å². The average Bonchev–Trinajstić information content (AvgIpc) is 2.80.